The van der Waals surface area contributed by atoms with Crippen molar-refractivity contribution in [1.82, 2.24) is 5.32 Å². The highest BCUT2D eigenvalue weighted by Gasteiger charge is 2.05. The quantitative estimate of drug-likeness (QED) is 0.704. The first-order valence-electron chi connectivity index (χ1n) is 7.14. The van der Waals surface area contributed by atoms with Crippen molar-refractivity contribution in [2.75, 3.05) is 11.9 Å². The highest BCUT2D eigenvalue weighted by Crippen LogP contribution is 2.13. The molecule has 0 heterocycles. The monoisotopic (exact) mass is 410 g/mol. The number of halogens is 1. The molecule has 2 amide bonds. The fraction of sp³-hybridized carbons (Fsp3) is 0.235. The van der Waals surface area contributed by atoms with Crippen LogP contribution in [0.1, 0.15) is 18.1 Å². The fourth-order valence-corrected chi connectivity index (χ4v) is 2.54. The Bertz CT molecular complexity index is 632. The summed E-state index contributed by atoms with van der Waals surface area (Å²) in [5.74, 6) is 0. The third-order valence-corrected chi connectivity index (χ3v) is 3.77. The number of urea groups is 1. The number of hydrogen-bond donors (Lipinski definition) is 2. The van der Waals surface area contributed by atoms with Gasteiger partial charge in [0.1, 0.15) is 0 Å². The van der Waals surface area contributed by atoms with Crippen LogP contribution >= 0.6 is 22.6 Å². The summed E-state index contributed by atoms with van der Waals surface area (Å²) in [6.07, 6.45) is 0. The summed E-state index contributed by atoms with van der Waals surface area (Å²) in [5.41, 5.74) is 2.94. The number of amides is 2. The molecule has 0 saturated heterocycles. The van der Waals surface area contributed by atoms with Gasteiger partial charge in [0, 0.05) is 22.4 Å². The zero-order valence-corrected chi connectivity index (χ0v) is 14.6. The summed E-state index contributed by atoms with van der Waals surface area (Å²) >= 11 is 2.21. The van der Waals surface area contributed by atoms with E-state index in [4.69, 9.17) is 4.74 Å². The molecule has 4 nitrogen and oxygen atoms in total. The molecule has 0 aromatic heterocycles. The maximum Gasteiger partial charge on any atom is 0.319 e. The van der Waals surface area contributed by atoms with Gasteiger partial charge in [0.15, 0.2) is 0 Å². The van der Waals surface area contributed by atoms with Gasteiger partial charge in [-0.25, -0.2) is 4.79 Å². The minimum atomic E-state index is -0.215. The van der Waals surface area contributed by atoms with Crippen LogP contribution in [0.4, 0.5) is 10.5 Å². The van der Waals surface area contributed by atoms with E-state index in [-0.39, 0.29) is 6.03 Å². The molecule has 2 rings (SSSR count). The Kier molecular flexibility index (Phi) is 6.67. The summed E-state index contributed by atoms with van der Waals surface area (Å²) in [5, 5.41) is 5.71. The van der Waals surface area contributed by atoms with Crippen LogP contribution in [0, 0.1) is 3.57 Å². The van der Waals surface area contributed by atoms with Gasteiger partial charge in [-0.1, -0.05) is 30.3 Å². The SMILES string of the molecule is CCOCc1ccccc1CNC(=O)Nc1cccc(I)c1. The van der Waals surface area contributed by atoms with E-state index in [1.54, 1.807) is 0 Å². The van der Waals surface area contributed by atoms with Crippen molar-refractivity contribution in [2.45, 2.75) is 20.1 Å². The van der Waals surface area contributed by atoms with Crippen LogP contribution in [-0.2, 0) is 17.9 Å². The first kappa shape index (κ1) is 16.8. The average Bonchev–Trinajstić information content (AvgIpc) is 2.51. The smallest absolute Gasteiger partial charge is 0.319 e. The van der Waals surface area contributed by atoms with E-state index < -0.39 is 0 Å². The predicted octanol–water partition coefficient (Wildman–Crippen LogP) is 4.15. The van der Waals surface area contributed by atoms with Crippen molar-refractivity contribution in [1.29, 1.82) is 0 Å². The van der Waals surface area contributed by atoms with Crippen molar-refractivity contribution in [3.63, 3.8) is 0 Å². The molecular weight excluding hydrogens is 391 g/mol. The predicted molar refractivity (Wildman–Crippen MR) is 96.8 cm³/mol. The van der Waals surface area contributed by atoms with E-state index in [2.05, 4.69) is 33.2 Å². The summed E-state index contributed by atoms with van der Waals surface area (Å²) in [6, 6.07) is 15.4. The Balaban J connectivity index is 1.91. The molecule has 2 N–H and O–H groups in total. The highest BCUT2D eigenvalue weighted by atomic mass is 127. The number of rotatable bonds is 6. The molecule has 22 heavy (non-hydrogen) atoms. The number of carbonyl (C=O) groups is 1. The van der Waals surface area contributed by atoms with E-state index in [9.17, 15) is 4.79 Å². The third kappa shape index (κ3) is 5.31. The lowest BCUT2D eigenvalue weighted by Gasteiger charge is -2.11. The number of anilines is 1. The van der Waals surface area contributed by atoms with Crippen LogP contribution in [0.5, 0.6) is 0 Å². The second-order valence-electron chi connectivity index (χ2n) is 4.72. The van der Waals surface area contributed by atoms with Crippen molar-refractivity contribution in [3.8, 4) is 0 Å². The zero-order valence-electron chi connectivity index (χ0n) is 12.4. The Morgan fingerprint density at radius 3 is 2.64 bits per heavy atom. The Labute approximate surface area is 144 Å². The number of ether oxygens (including phenoxy) is 1. The third-order valence-electron chi connectivity index (χ3n) is 3.10. The molecule has 0 aliphatic heterocycles. The molecule has 0 unspecified atom stereocenters. The molecule has 0 radical (unpaired) electrons. The van der Waals surface area contributed by atoms with Crippen molar-refractivity contribution in [2.24, 2.45) is 0 Å². The normalized spacial score (nSPS) is 10.3. The van der Waals surface area contributed by atoms with Gasteiger partial charge in [0.05, 0.1) is 6.61 Å². The largest absolute Gasteiger partial charge is 0.377 e. The van der Waals surface area contributed by atoms with Crippen LogP contribution in [-0.4, -0.2) is 12.6 Å². The summed E-state index contributed by atoms with van der Waals surface area (Å²) in [4.78, 5) is 12.0. The van der Waals surface area contributed by atoms with E-state index >= 15 is 0 Å². The van der Waals surface area contributed by atoms with E-state index in [0.717, 1.165) is 20.4 Å². The molecular formula is C17H19IN2O2. The molecule has 0 spiro atoms. The van der Waals surface area contributed by atoms with Gasteiger partial charge in [0.2, 0.25) is 0 Å². The van der Waals surface area contributed by atoms with Crippen molar-refractivity contribution in [3.05, 3.63) is 63.2 Å². The van der Waals surface area contributed by atoms with Gasteiger partial charge in [-0.2, -0.15) is 0 Å². The van der Waals surface area contributed by atoms with Gasteiger partial charge in [-0.3, -0.25) is 0 Å². The maximum absolute atomic E-state index is 12.0. The Morgan fingerprint density at radius 2 is 1.91 bits per heavy atom. The number of nitrogens with one attached hydrogen (secondary N) is 2. The van der Waals surface area contributed by atoms with E-state index in [0.29, 0.717) is 19.8 Å². The van der Waals surface area contributed by atoms with Crippen molar-refractivity contribution >= 4 is 34.3 Å². The molecule has 0 aliphatic rings. The Hall–Kier alpha value is -1.60. The highest BCUT2D eigenvalue weighted by molar-refractivity contribution is 14.1. The minimum Gasteiger partial charge on any atom is -0.377 e. The zero-order chi connectivity index (χ0) is 15.8. The summed E-state index contributed by atoms with van der Waals surface area (Å²) in [7, 11) is 0. The first-order valence-corrected chi connectivity index (χ1v) is 8.22. The standard InChI is InChI=1S/C17H19IN2O2/c1-2-22-12-14-7-4-3-6-13(14)11-19-17(21)20-16-9-5-8-15(18)10-16/h3-10H,2,11-12H2,1H3,(H2,19,20,21). The second kappa shape index (κ2) is 8.75. The van der Waals surface area contributed by atoms with E-state index in [1.807, 2.05) is 55.5 Å². The Morgan fingerprint density at radius 1 is 1.14 bits per heavy atom. The molecule has 0 atom stereocenters. The maximum atomic E-state index is 12.0. The van der Waals surface area contributed by atoms with Crippen LogP contribution in [0.15, 0.2) is 48.5 Å². The lowest BCUT2D eigenvalue weighted by Crippen LogP contribution is -2.28. The molecule has 116 valence electrons. The molecule has 2 aromatic rings. The van der Waals surface area contributed by atoms with Crippen LogP contribution in [0.2, 0.25) is 0 Å². The molecule has 2 aromatic carbocycles. The lowest BCUT2D eigenvalue weighted by molar-refractivity contribution is 0.133. The second-order valence-corrected chi connectivity index (χ2v) is 5.97. The topological polar surface area (TPSA) is 50.4 Å². The molecule has 0 aliphatic carbocycles. The van der Waals surface area contributed by atoms with Gasteiger partial charge in [-0.15, -0.1) is 0 Å². The van der Waals surface area contributed by atoms with Crippen molar-refractivity contribution < 1.29 is 9.53 Å². The van der Waals surface area contributed by atoms with Gasteiger partial charge >= 0.3 is 6.03 Å². The number of carbonyl (C=O) groups excluding carboxylic acids is 1. The van der Waals surface area contributed by atoms with Crippen LogP contribution in [0.25, 0.3) is 0 Å². The van der Waals surface area contributed by atoms with Crippen LogP contribution in [0.3, 0.4) is 0 Å². The first-order chi connectivity index (χ1) is 10.7. The summed E-state index contributed by atoms with van der Waals surface area (Å²) in [6.45, 7) is 3.68. The van der Waals surface area contributed by atoms with Crippen LogP contribution < -0.4 is 10.6 Å². The molecule has 0 bridgehead atoms. The average molecular weight is 410 g/mol. The number of benzene rings is 2. The van der Waals surface area contributed by atoms with Gasteiger partial charge < -0.3 is 15.4 Å². The van der Waals surface area contributed by atoms with Gasteiger partial charge in [-0.05, 0) is 58.8 Å². The molecule has 0 saturated carbocycles. The van der Waals surface area contributed by atoms with E-state index in [1.165, 1.54) is 0 Å². The summed E-state index contributed by atoms with van der Waals surface area (Å²) < 4.78 is 6.53. The van der Waals surface area contributed by atoms with Gasteiger partial charge in [0.25, 0.3) is 0 Å². The molecule has 0 fully saturated rings. The lowest BCUT2D eigenvalue weighted by atomic mass is 10.1. The minimum absolute atomic E-state index is 0.215. The fourth-order valence-electron chi connectivity index (χ4n) is 2.00. The molecule has 5 heteroatoms. The number of hydrogen-bond acceptors (Lipinski definition) is 2.